The Balaban J connectivity index is 0.00000364. The van der Waals surface area contributed by atoms with Crippen LogP contribution < -0.4 is 11.1 Å². The van der Waals surface area contributed by atoms with Gasteiger partial charge in [0.15, 0.2) is 0 Å². The number of ether oxygens (including phenoxy) is 1. The van der Waals surface area contributed by atoms with Crippen LogP contribution in [-0.2, 0) is 25.5 Å². The van der Waals surface area contributed by atoms with Crippen LogP contribution >= 0.6 is 12.4 Å². The van der Waals surface area contributed by atoms with E-state index in [2.05, 4.69) is 10.3 Å². The van der Waals surface area contributed by atoms with Crippen molar-refractivity contribution in [2.75, 3.05) is 6.61 Å². The number of aliphatic carboxylic acids is 1. The second-order valence-electron chi connectivity index (χ2n) is 5.92. The van der Waals surface area contributed by atoms with E-state index >= 15 is 0 Å². The van der Waals surface area contributed by atoms with Gasteiger partial charge in [0, 0.05) is 29.9 Å². The molecule has 0 saturated heterocycles. The van der Waals surface area contributed by atoms with Crippen LogP contribution in [0.15, 0.2) is 30.5 Å². The fourth-order valence-corrected chi connectivity index (χ4v) is 2.64. The quantitative estimate of drug-likeness (QED) is 0.472. The van der Waals surface area contributed by atoms with Crippen molar-refractivity contribution in [2.45, 2.75) is 38.3 Å². The van der Waals surface area contributed by atoms with Gasteiger partial charge in [-0.05, 0) is 25.0 Å². The van der Waals surface area contributed by atoms with Gasteiger partial charge in [0.05, 0.1) is 6.61 Å². The molecule has 9 heteroatoms. The smallest absolute Gasteiger partial charge is 0.326 e. The van der Waals surface area contributed by atoms with Crippen molar-refractivity contribution in [2.24, 2.45) is 5.73 Å². The number of aromatic amines is 1. The molecule has 8 nitrogen and oxygen atoms in total. The lowest BCUT2D eigenvalue weighted by Gasteiger charge is -2.15. The molecule has 0 bridgehead atoms. The number of benzene rings is 1. The number of esters is 1. The number of fused-ring (bicyclic) bond motifs is 1. The number of para-hydroxylation sites is 1. The van der Waals surface area contributed by atoms with Gasteiger partial charge in [-0.2, -0.15) is 0 Å². The fraction of sp³-hybridized carbons (Fsp3) is 0.389. The molecule has 1 aromatic heterocycles. The predicted molar refractivity (Wildman–Crippen MR) is 103 cm³/mol. The number of carbonyl (C=O) groups excluding carboxylic acids is 2. The van der Waals surface area contributed by atoms with E-state index < -0.39 is 29.9 Å². The first-order valence-electron chi connectivity index (χ1n) is 8.41. The Morgan fingerprint density at radius 2 is 2.00 bits per heavy atom. The van der Waals surface area contributed by atoms with E-state index in [0.717, 1.165) is 16.5 Å². The van der Waals surface area contributed by atoms with Crippen LogP contribution in [0.3, 0.4) is 0 Å². The summed E-state index contributed by atoms with van der Waals surface area (Å²) in [5, 5.41) is 12.8. The van der Waals surface area contributed by atoms with E-state index in [-0.39, 0.29) is 38.3 Å². The Hall–Kier alpha value is -2.58. The number of halogens is 1. The van der Waals surface area contributed by atoms with Gasteiger partial charge in [-0.3, -0.25) is 9.59 Å². The molecule has 0 aliphatic carbocycles. The highest BCUT2D eigenvalue weighted by Crippen LogP contribution is 2.19. The number of nitrogens with two attached hydrogens (primary N) is 1. The third kappa shape index (κ3) is 6.26. The maximum Gasteiger partial charge on any atom is 0.326 e. The van der Waals surface area contributed by atoms with Gasteiger partial charge < -0.3 is 25.9 Å². The number of carbonyl (C=O) groups is 3. The molecule has 0 saturated carbocycles. The number of carboxylic acids is 1. The summed E-state index contributed by atoms with van der Waals surface area (Å²) in [6.07, 6.45) is 1.92. The van der Waals surface area contributed by atoms with Gasteiger partial charge >= 0.3 is 11.9 Å². The lowest BCUT2D eigenvalue weighted by molar-refractivity contribution is -0.145. The summed E-state index contributed by atoms with van der Waals surface area (Å²) >= 11 is 0. The summed E-state index contributed by atoms with van der Waals surface area (Å²) in [6, 6.07) is 5.55. The second-order valence-corrected chi connectivity index (χ2v) is 5.92. The largest absolute Gasteiger partial charge is 0.480 e. The maximum atomic E-state index is 12.0. The van der Waals surface area contributed by atoms with Crippen molar-refractivity contribution in [1.29, 1.82) is 0 Å². The van der Waals surface area contributed by atoms with Crippen molar-refractivity contribution >= 4 is 41.2 Å². The summed E-state index contributed by atoms with van der Waals surface area (Å²) in [4.78, 5) is 38.1. The molecule has 0 aliphatic heterocycles. The van der Waals surface area contributed by atoms with Gasteiger partial charge in [0.2, 0.25) is 5.91 Å². The van der Waals surface area contributed by atoms with Crippen molar-refractivity contribution in [1.82, 2.24) is 10.3 Å². The Morgan fingerprint density at radius 3 is 2.67 bits per heavy atom. The van der Waals surface area contributed by atoms with E-state index in [0.29, 0.717) is 0 Å². The molecular weight excluding hydrogens is 374 g/mol. The van der Waals surface area contributed by atoms with E-state index in [4.69, 9.17) is 10.5 Å². The van der Waals surface area contributed by atoms with Crippen molar-refractivity contribution < 1.29 is 24.2 Å². The molecule has 2 rings (SSSR count). The highest BCUT2D eigenvalue weighted by atomic mass is 35.5. The van der Waals surface area contributed by atoms with Gasteiger partial charge in [0.1, 0.15) is 12.1 Å². The first-order valence-corrected chi connectivity index (χ1v) is 8.41. The number of H-pyrrole nitrogens is 1. The molecule has 0 aliphatic rings. The van der Waals surface area contributed by atoms with Crippen LogP contribution in [-0.4, -0.2) is 46.6 Å². The van der Waals surface area contributed by atoms with Crippen molar-refractivity contribution in [3.63, 3.8) is 0 Å². The molecule has 1 amide bonds. The molecule has 0 fully saturated rings. The normalized spacial score (nSPS) is 12.7. The van der Waals surface area contributed by atoms with E-state index in [9.17, 15) is 19.5 Å². The first kappa shape index (κ1) is 22.5. The van der Waals surface area contributed by atoms with E-state index in [1.54, 1.807) is 13.1 Å². The number of aromatic nitrogens is 1. The van der Waals surface area contributed by atoms with Gasteiger partial charge in [0.25, 0.3) is 0 Å². The Kier molecular flexibility index (Phi) is 8.77. The minimum atomic E-state index is -1.13. The molecule has 2 atom stereocenters. The fourth-order valence-electron chi connectivity index (χ4n) is 2.64. The van der Waals surface area contributed by atoms with Crippen LogP contribution in [0.5, 0.6) is 0 Å². The number of amides is 1. The highest BCUT2D eigenvalue weighted by molar-refractivity contribution is 5.87. The van der Waals surface area contributed by atoms with Crippen LogP contribution in [0.25, 0.3) is 10.9 Å². The number of carboxylic acid groups (broad SMARTS) is 1. The number of hydrogen-bond acceptors (Lipinski definition) is 5. The van der Waals surface area contributed by atoms with Crippen LogP contribution in [0.4, 0.5) is 0 Å². The molecule has 1 aromatic carbocycles. The molecule has 5 N–H and O–H groups in total. The van der Waals surface area contributed by atoms with Crippen molar-refractivity contribution in [3.8, 4) is 0 Å². The lowest BCUT2D eigenvalue weighted by Crippen LogP contribution is -2.43. The third-order valence-corrected chi connectivity index (χ3v) is 4.00. The van der Waals surface area contributed by atoms with Crippen molar-refractivity contribution in [3.05, 3.63) is 36.0 Å². The minimum Gasteiger partial charge on any atom is -0.480 e. The van der Waals surface area contributed by atoms with Crippen LogP contribution in [0.2, 0.25) is 0 Å². The summed E-state index contributed by atoms with van der Waals surface area (Å²) < 4.78 is 4.77. The Labute approximate surface area is 162 Å². The highest BCUT2D eigenvalue weighted by Gasteiger charge is 2.23. The molecule has 2 aromatic rings. The van der Waals surface area contributed by atoms with Gasteiger partial charge in [-0.1, -0.05) is 18.2 Å². The molecule has 0 spiro atoms. The zero-order valence-electron chi connectivity index (χ0n) is 14.9. The average Bonchev–Trinajstić information content (AvgIpc) is 3.02. The summed E-state index contributed by atoms with van der Waals surface area (Å²) in [6.45, 7) is 1.88. The molecule has 0 radical (unpaired) electrons. The predicted octanol–water partition coefficient (Wildman–Crippen LogP) is 1.37. The zero-order chi connectivity index (χ0) is 19.1. The van der Waals surface area contributed by atoms with E-state index in [1.807, 2.05) is 24.3 Å². The van der Waals surface area contributed by atoms with Crippen LogP contribution in [0.1, 0.15) is 25.3 Å². The number of hydrogen-bond donors (Lipinski definition) is 4. The SMILES string of the molecule is CCOC(=O)[C@H](N)CCC(=O)N[C@H](Cc1c[nH]c2ccccc12)C(=O)O.Cl. The summed E-state index contributed by atoms with van der Waals surface area (Å²) in [5.74, 6) is -2.18. The third-order valence-electron chi connectivity index (χ3n) is 4.00. The molecule has 0 unspecified atom stereocenters. The minimum absolute atomic E-state index is 0. The molecule has 148 valence electrons. The first-order chi connectivity index (χ1) is 12.4. The topological polar surface area (TPSA) is 135 Å². The second kappa shape index (κ2) is 10.5. The van der Waals surface area contributed by atoms with Crippen LogP contribution in [0, 0.1) is 0 Å². The number of nitrogens with one attached hydrogen (secondary N) is 2. The maximum absolute atomic E-state index is 12.0. The lowest BCUT2D eigenvalue weighted by atomic mass is 10.0. The standard InChI is InChI=1S/C18H23N3O5.ClH/c1-2-26-18(25)13(19)7-8-16(22)21-15(17(23)24)9-11-10-20-14-6-4-3-5-12(11)14;/h3-6,10,13,15,20H,2,7-9,19H2,1H3,(H,21,22)(H,23,24);1H/t13-,15-;/m1./s1. The zero-order valence-corrected chi connectivity index (χ0v) is 15.8. The average molecular weight is 398 g/mol. The summed E-state index contributed by atoms with van der Waals surface area (Å²) in [5.41, 5.74) is 7.34. The number of rotatable bonds is 9. The van der Waals surface area contributed by atoms with E-state index in [1.165, 1.54) is 0 Å². The molecule has 27 heavy (non-hydrogen) atoms. The van der Waals surface area contributed by atoms with Gasteiger partial charge in [-0.15, -0.1) is 12.4 Å². The molecular formula is C18H24ClN3O5. The Bertz CT molecular complexity index is 792. The van der Waals surface area contributed by atoms with Gasteiger partial charge in [-0.25, -0.2) is 4.79 Å². The monoisotopic (exact) mass is 397 g/mol. The Morgan fingerprint density at radius 1 is 1.30 bits per heavy atom. The summed E-state index contributed by atoms with van der Waals surface area (Å²) in [7, 11) is 0. The molecule has 1 heterocycles.